The van der Waals surface area contributed by atoms with Crippen molar-refractivity contribution in [3.63, 3.8) is 0 Å². The lowest BCUT2D eigenvalue weighted by Gasteiger charge is -2.10. The molecule has 0 aliphatic heterocycles. The highest BCUT2D eigenvalue weighted by Crippen LogP contribution is 2.24. The van der Waals surface area contributed by atoms with Gasteiger partial charge in [0.25, 0.3) is 10.0 Å². The maximum atomic E-state index is 12.1. The van der Waals surface area contributed by atoms with Gasteiger partial charge in [0.2, 0.25) is 10.0 Å². The van der Waals surface area contributed by atoms with Crippen molar-refractivity contribution < 1.29 is 21.9 Å². The molecule has 112 valence electrons. The molecule has 4 N–H and O–H groups in total. The number of nitrogens with two attached hydrogens (primary N) is 1. The number of para-hydroxylation sites is 1. The minimum Gasteiger partial charge on any atom is -0.507 e. The van der Waals surface area contributed by atoms with Gasteiger partial charge in [-0.25, -0.2) is 22.0 Å². The van der Waals surface area contributed by atoms with Crippen molar-refractivity contribution in [3.8, 4) is 5.75 Å². The predicted octanol–water partition coefficient (Wildman–Crippen LogP) is 0.840. The Kier molecular flexibility index (Phi) is 3.90. The van der Waals surface area contributed by atoms with Crippen molar-refractivity contribution >= 4 is 25.7 Å². The van der Waals surface area contributed by atoms with Crippen LogP contribution in [-0.4, -0.2) is 21.9 Å². The summed E-state index contributed by atoms with van der Waals surface area (Å²) in [5.41, 5.74) is 0.0183. The summed E-state index contributed by atoms with van der Waals surface area (Å²) in [5, 5.41) is 14.6. The van der Waals surface area contributed by atoms with Gasteiger partial charge in [-0.15, -0.1) is 0 Å². The third-order valence-corrected chi connectivity index (χ3v) is 4.91. The van der Waals surface area contributed by atoms with Crippen molar-refractivity contribution in [2.24, 2.45) is 5.14 Å². The first-order valence-electron chi connectivity index (χ1n) is 5.64. The van der Waals surface area contributed by atoms with E-state index in [4.69, 9.17) is 5.14 Å². The molecule has 7 nitrogen and oxygen atoms in total. The van der Waals surface area contributed by atoms with E-state index in [1.165, 1.54) is 42.5 Å². The Morgan fingerprint density at radius 3 is 2.24 bits per heavy atom. The number of aromatic hydroxyl groups is 1. The van der Waals surface area contributed by atoms with Gasteiger partial charge in [0.1, 0.15) is 10.6 Å². The summed E-state index contributed by atoms with van der Waals surface area (Å²) in [4.78, 5) is -0.536. The second-order valence-corrected chi connectivity index (χ2v) is 7.36. The molecule has 0 spiro atoms. The van der Waals surface area contributed by atoms with E-state index in [2.05, 4.69) is 4.72 Å². The second-order valence-electron chi connectivity index (χ2n) is 4.15. The fourth-order valence-corrected chi connectivity index (χ4v) is 3.34. The van der Waals surface area contributed by atoms with Gasteiger partial charge in [0.05, 0.1) is 10.6 Å². The van der Waals surface area contributed by atoms with E-state index in [9.17, 15) is 21.9 Å². The molecule has 0 bridgehead atoms. The van der Waals surface area contributed by atoms with Crippen LogP contribution in [0.4, 0.5) is 5.69 Å². The first-order valence-corrected chi connectivity index (χ1v) is 8.67. The molecular weight excluding hydrogens is 316 g/mol. The standard InChI is InChI=1S/C12H12N2O5S2/c13-20(16,17)10-5-3-4-9(8-10)14-21(18,19)12-7-2-1-6-11(12)15/h1-8,14-15H,(H2,13,16,17). The highest BCUT2D eigenvalue weighted by Gasteiger charge is 2.19. The Balaban J connectivity index is 2.41. The molecule has 0 saturated carbocycles. The van der Waals surface area contributed by atoms with E-state index in [1.807, 2.05) is 0 Å². The Bertz CT molecular complexity index is 876. The number of primary sulfonamides is 1. The predicted molar refractivity (Wildman–Crippen MR) is 76.7 cm³/mol. The van der Waals surface area contributed by atoms with Crippen molar-refractivity contribution in [2.75, 3.05) is 4.72 Å². The van der Waals surface area contributed by atoms with Crippen LogP contribution in [0.25, 0.3) is 0 Å². The molecule has 0 aromatic heterocycles. The summed E-state index contributed by atoms with van der Waals surface area (Å²) in [6.45, 7) is 0. The van der Waals surface area contributed by atoms with Crippen LogP contribution in [0.3, 0.4) is 0 Å². The lowest BCUT2D eigenvalue weighted by atomic mass is 10.3. The lowest BCUT2D eigenvalue weighted by Crippen LogP contribution is -2.15. The quantitative estimate of drug-likeness (QED) is 0.766. The van der Waals surface area contributed by atoms with E-state index in [1.54, 1.807) is 0 Å². The zero-order chi connectivity index (χ0) is 15.7. The lowest BCUT2D eigenvalue weighted by molar-refractivity contribution is 0.459. The molecule has 2 aromatic carbocycles. The van der Waals surface area contributed by atoms with Crippen LogP contribution in [0.2, 0.25) is 0 Å². The SMILES string of the molecule is NS(=O)(=O)c1cccc(NS(=O)(=O)c2ccccc2O)c1. The molecular formula is C12H12N2O5S2. The summed E-state index contributed by atoms with van der Waals surface area (Å²) in [6, 6.07) is 10.4. The van der Waals surface area contributed by atoms with Crippen molar-refractivity contribution in [2.45, 2.75) is 9.79 Å². The molecule has 0 unspecified atom stereocenters. The number of sulfonamides is 2. The summed E-state index contributed by atoms with van der Waals surface area (Å²) in [6.07, 6.45) is 0. The average molecular weight is 328 g/mol. The monoisotopic (exact) mass is 328 g/mol. The molecule has 21 heavy (non-hydrogen) atoms. The number of benzene rings is 2. The van der Waals surface area contributed by atoms with Crippen LogP contribution in [0.1, 0.15) is 0 Å². The van der Waals surface area contributed by atoms with E-state index in [-0.39, 0.29) is 15.5 Å². The number of phenols is 1. The van der Waals surface area contributed by atoms with Crippen LogP contribution in [0, 0.1) is 0 Å². The molecule has 0 fully saturated rings. The zero-order valence-corrected chi connectivity index (χ0v) is 12.2. The van der Waals surface area contributed by atoms with Gasteiger partial charge < -0.3 is 5.11 Å². The van der Waals surface area contributed by atoms with Crippen LogP contribution >= 0.6 is 0 Å². The Hall–Kier alpha value is -2.10. The zero-order valence-electron chi connectivity index (χ0n) is 10.6. The number of hydrogen-bond acceptors (Lipinski definition) is 5. The highest BCUT2D eigenvalue weighted by molar-refractivity contribution is 7.92. The molecule has 0 aliphatic rings. The number of rotatable bonds is 4. The Labute approximate surface area is 122 Å². The van der Waals surface area contributed by atoms with Crippen molar-refractivity contribution in [3.05, 3.63) is 48.5 Å². The Morgan fingerprint density at radius 1 is 0.952 bits per heavy atom. The van der Waals surface area contributed by atoms with Gasteiger partial charge in [-0.05, 0) is 30.3 Å². The van der Waals surface area contributed by atoms with E-state index >= 15 is 0 Å². The number of anilines is 1. The molecule has 2 rings (SSSR count). The van der Waals surface area contributed by atoms with Crippen molar-refractivity contribution in [1.82, 2.24) is 0 Å². The van der Waals surface area contributed by atoms with Gasteiger partial charge in [-0.1, -0.05) is 18.2 Å². The fourth-order valence-electron chi connectivity index (χ4n) is 1.63. The number of nitrogens with one attached hydrogen (secondary N) is 1. The molecule has 0 atom stereocenters. The normalized spacial score (nSPS) is 12.0. The third-order valence-electron chi connectivity index (χ3n) is 2.57. The highest BCUT2D eigenvalue weighted by atomic mass is 32.2. The van der Waals surface area contributed by atoms with Crippen LogP contribution < -0.4 is 9.86 Å². The first kappa shape index (κ1) is 15.3. The van der Waals surface area contributed by atoms with Crippen molar-refractivity contribution in [1.29, 1.82) is 0 Å². The minimum absolute atomic E-state index is 0.0183. The summed E-state index contributed by atoms with van der Waals surface area (Å²) < 4.78 is 48.9. The van der Waals surface area contributed by atoms with E-state index < -0.39 is 25.8 Å². The maximum absolute atomic E-state index is 12.1. The number of hydrogen-bond donors (Lipinski definition) is 3. The molecule has 0 radical (unpaired) electrons. The van der Waals surface area contributed by atoms with Gasteiger partial charge >= 0.3 is 0 Å². The summed E-state index contributed by atoms with van der Waals surface area (Å²) in [7, 11) is -7.98. The second kappa shape index (κ2) is 5.35. The fraction of sp³-hybridized carbons (Fsp3) is 0. The topological polar surface area (TPSA) is 127 Å². The Morgan fingerprint density at radius 2 is 1.62 bits per heavy atom. The molecule has 0 amide bonds. The van der Waals surface area contributed by atoms with Crippen LogP contribution in [-0.2, 0) is 20.0 Å². The van der Waals surface area contributed by atoms with Gasteiger partial charge in [0, 0.05) is 0 Å². The molecule has 0 aliphatic carbocycles. The van der Waals surface area contributed by atoms with E-state index in [0.717, 1.165) is 6.07 Å². The van der Waals surface area contributed by atoms with Gasteiger partial charge in [-0.3, -0.25) is 4.72 Å². The molecule has 0 heterocycles. The van der Waals surface area contributed by atoms with Crippen LogP contribution in [0.15, 0.2) is 58.3 Å². The largest absolute Gasteiger partial charge is 0.507 e. The smallest absolute Gasteiger partial charge is 0.265 e. The maximum Gasteiger partial charge on any atom is 0.265 e. The molecule has 2 aromatic rings. The molecule has 0 saturated heterocycles. The van der Waals surface area contributed by atoms with E-state index in [0.29, 0.717) is 0 Å². The van der Waals surface area contributed by atoms with Gasteiger partial charge in [0.15, 0.2) is 0 Å². The van der Waals surface area contributed by atoms with Crippen LogP contribution in [0.5, 0.6) is 5.75 Å². The summed E-state index contributed by atoms with van der Waals surface area (Å²) in [5.74, 6) is -0.410. The number of phenolic OH excluding ortho intramolecular Hbond substituents is 1. The average Bonchev–Trinajstić information content (AvgIpc) is 2.37. The van der Waals surface area contributed by atoms with Gasteiger partial charge in [-0.2, -0.15) is 0 Å². The minimum atomic E-state index is -4.04. The first-order chi connectivity index (χ1) is 9.70. The summed E-state index contributed by atoms with van der Waals surface area (Å²) >= 11 is 0. The third kappa shape index (κ3) is 3.51. The molecule has 9 heteroatoms.